The summed E-state index contributed by atoms with van der Waals surface area (Å²) in [6, 6.07) is 26.6. The highest BCUT2D eigenvalue weighted by atomic mass is 32.1. The molecule has 89 valence electrons. The van der Waals surface area contributed by atoms with Crippen LogP contribution >= 0.6 is 11.3 Å². The van der Waals surface area contributed by atoms with E-state index >= 15 is 0 Å². The van der Waals surface area contributed by atoms with Crippen molar-refractivity contribution in [1.82, 2.24) is 0 Å². The third kappa shape index (κ3) is 1.66. The fourth-order valence-electron chi connectivity index (χ4n) is 2.51. The van der Waals surface area contributed by atoms with Gasteiger partial charge in [-0.1, -0.05) is 48.5 Å². The maximum Gasteiger partial charge on any atom is 0.0434 e. The predicted molar refractivity (Wildman–Crippen MR) is 83.6 cm³/mol. The van der Waals surface area contributed by atoms with Crippen LogP contribution in [0.25, 0.3) is 31.3 Å². The second-order valence-electron chi connectivity index (χ2n) is 4.58. The van der Waals surface area contributed by atoms with Crippen molar-refractivity contribution in [3.8, 4) is 11.1 Å². The van der Waals surface area contributed by atoms with E-state index in [1.807, 2.05) is 11.3 Å². The molecule has 0 saturated carbocycles. The van der Waals surface area contributed by atoms with Crippen molar-refractivity contribution in [3.05, 3.63) is 72.8 Å². The zero-order valence-electron chi connectivity index (χ0n) is 10.3. The summed E-state index contributed by atoms with van der Waals surface area (Å²) < 4.78 is 2.69. The van der Waals surface area contributed by atoms with Crippen molar-refractivity contribution in [1.29, 1.82) is 0 Å². The number of hydrogen-bond donors (Lipinski definition) is 0. The minimum atomic E-state index is 1.26. The van der Waals surface area contributed by atoms with Gasteiger partial charge < -0.3 is 0 Å². The van der Waals surface area contributed by atoms with Crippen molar-refractivity contribution in [3.63, 3.8) is 0 Å². The molecule has 0 aliphatic heterocycles. The standard InChI is InChI=1S/C18H11S/c1-2-7-13(8-3-1)14-10-6-11-16-15-9-4-5-12-17(15)19-18(14)16/h1-5,7-12H. The average Bonchev–Trinajstić information content (AvgIpc) is 2.87. The molecule has 0 saturated heterocycles. The maximum atomic E-state index is 3.29. The van der Waals surface area contributed by atoms with Gasteiger partial charge in [0.2, 0.25) is 0 Å². The van der Waals surface area contributed by atoms with E-state index in [1.165, 1.54) is 31.3 Å². The van der Waals surface area contributed by atoms with Gasteiger partial charge in [0.25, 0.3) is 0 Å². The zero-order chi connectivity index (χ0) is 12.7. The molecule has 0 spiro atoms. The van der Waals surface area contributed by atoms with Crippen LogP contribution in [0.5, 0.6) is 0 Å². The van der Waals surface area contributed by atoms with E-state index in [-0.39, 0.29) is 0 Å². The van der Waals surface area contributed by atoms with Crippen molar-refractivity contribution in [2.45, 2.75) is 0 Å². The smallest absolute Gasteiger partial charge is 0.0434 e. The summed E-state index contributed by atoms with van der Waals surface area (Å²) >= 11 is 1.86. The lowest BCUT2D eigenvalue weighted by Gasteiger charge is -2.02. The van der Waals surface area contributed by atoms with Gasteiger partial charge in [-0.2, -0.15) is 0 Å². The quantitative estimate of drug-likeness (QED) is 0.422. The predicted octanol–water partition coefficient (Wildman–Crippen LogP) is 5.52. The molecule has 1 heterocycles. The van der Waals surface area contributed by atoms with Crippen molar-refractivity contribution in [2.24, 2.45) is 0 Å². The lowest BCUT2D eigenvalue weighted by atomic mass is 10.0. The van der Waals surface area contributed by atoms with E-state index in [2.05, 4.69) is 72.8 Å². The Labute approximate surface area is 115 Å². The molecule has 1 aromatic heterocycles. The van der Waals surface area contributed by atoms with E-state index in [0.717, 1.165) is 0 Å². The molecule has 0 aliphatic rings. The van der Waals surface area contributed by atoms with Crippen LogP contribution in [-0.2, 0) is 0 Å². The highest BCUT2D eigenvalue weighted by Crippen LogP contribution is 2.39. The number of fused-ring (bicyclic) bond motifs is 3. The lowest BCUT2D eigenvalue weighted by molar-refractivity contribution is 1.67. The Bertz CT molecular complexity index is 857. The van der Waals surface area contributed by atoms with Gasteiger partial charge in [-0.25, -0.2) is 0 Å². The Morgan fingerprint density at radius 1 is 0.737 bits per heavy atom. The molecular formula is C18H11S. The molecular weight excluding hydrogens is 248 g/mol. The first-order valence-corrected chi connectivity index (χ1v) is 7.12. The monoisotopic (exact) mass is 259 g/mol. The molecule has 0 bridgehead atoms. The second-order valence-corrected chi connectivity index (χ2v) is 5.63. The summed E-state index contributed by atoms with van der Waals surface area (Å²) in [7, 11) is 0. The molecule has 0 N–H and O–H groups in total. The van der Waals surface area contributed by atoms with E-state index in [0.29, 0.717) is 0 Å². The van der Waals surface area contributed by atoms with Crippen LogP contribution in [0.3, 0.4) is 0 Å². The van der Waals surface area contributed by atoms with Crippen LogP contribution in [0.15, 0.2) is 66.7 Å². The summed E-state index contributed by atoms with van der Waals surface area (Å²) in [6.07, 6.45) is 0. The van der Waals surface area contributed by atoms with Crippen molar-refractivity contribution < 1.29 is 0 Å². The molecule has 0 atom stereocenters. The van der Waals surface area contributed by atoms with Crippen molar-refractivity contribution >= 4 is 31.5 Å². The number of thiophene rings is 1. The number of rotatable bonds is 1. The largest absolute Gasteiger partial charge is 0.135 e. The first-order chi connectivity index (χ1) is 9.43. The Morgan fingerprint density at radius 3 is 2.42 bits per heavy atom. The summed E-state index contributed by atoms with van der Waals surface area (Å²) in [4.78, 5) is 0. The van der Waals surface area contributed by atoms with Crippen LogP contribution in [-0.4, -0.2) is 0 Å². The van der Waals surface area contributed by atoms with E-state index < -0.39 is 0 Å². The normalized spacial score (nSPS) is 11.2. The van der Waals surface area contributed by atoms with Crippen molar-refractivity contribution in [2.75, 3.05) is 0 Å². The molecule has 3 aromatic carbocycles. The van der Waals surface area contributed by atoms with Gasteiger partial charge in [-0.3, -0.25) is 0 Å². The summed E-state index contributed by atoms with van der Waals surface area (Å²) in [5, 5.41) is 2.64. The molecule has 1 radical (unpaired) electrons. The van der Waals surface area contributed by atoms with Crippen LogP contribution in [0, 0.1) is 6.07 Å². The molecule has 0 aliphatic carbocycles. The van der Waals surface area contributed by atoms with Gasteiger partial charge >= 0.3 is 0 Å². The highest BCUT2D eigenvalue weighted by Gasteiger charge is 2.09. The molecule has 4 aromatic rings. The van der Waals surface area contributed by atoms with Crippen LogP contribution in [0.4, 0.5) is 0 Å². The molecule has 0 nitrogen and oxygen atoms in total. The van der Waals surface area contributed by atoms with E-state index in [1.54, 1.807) is 0 Å². The van der Waals surface area contributed by atoms with Gasteiger partial charge in [0.1, 0.15) is 0 Å². The Morgan fingerprint density at radius 2 is 1.53 bits per heavy atom. The van der Waals surface area contributed by atoms with Gasteiger partial charge in [0.05, 0.1) is 0 Å². The van der Waals surface area contributed by atoms with E-state index in [4.69, 9.17) is 0 Å². The Hall–Kier alpha value is -2.12. The molecule has 0 amide bonds. The van der Waals surface area contributed by atoms with Gasteiger partial charge in [0, 0.05) is 25.7 Å². The highest BCUT2D eigenvalue weighted by molar-refractivity contribution is 7.26. The Kier molecular flexibility index (Phi) is 2.39. The number of hydrogen-bond acceptors (Lipinski definition) is 1. The van der Waals surface area contributed by atoms with Gasteiger partial charge in [0.15, 0.2) is 0 Å². The fraction of sp³-hybridized carbons (Fsp3) is 0. The average molecular weight is 259 g/mol. The second kappa shape index (κ2) is 4.22. The fourth-order valence-corrected chi connectivity index (χ4v) is 3.73. The topological polar surface area (TPSA) is 0 Å². The first-order valence-electron chi connectivity index (χ1n) is 6.30. The molecule has 19 heavy (non-hydrogen) atoms. The lowest BCUT2D eigenvalue weighted by Crippen LogP contribution is -1.76. The minimum Gasteiger partial charge on any atom is -0.135 e. The minimum absolute atomic E-state index is 1.26. The van der Waals surface area contributed by atoms with Gasteiger partial charge in [-0.15, -0.1) is 11.3 Å². The number of benzene rings is 3. The summed E-state index contributed by atoms with van der Waals surface area (Å²) in [5.74, 6) is 0. The molecule has 4 rings (SSSR count). The van der Waals surface area contributed by atoms with Gasteiger partial charge in [-0.05, 0) is 29.8 Å². The van der Waals surface area contributed by atoms with E-state index in [9.17, 15) is 0 Å². The molecule has 0 unspecified atom stereocenters. The third-order valence-corrected chi connectivity index (χ3v) is 4.64. The molecule has 1 heteroatoms. The molecule has 0 fully saturated rings. The summed E-state index contributed by atoms with van der Waals surface area (Å²) in [6.45, 7) is 0. The van der Waals surface area contributed by atoms with Crippen LogP contribution in [0.1, 0.15) is 0 Å². The van der Waals surface area contributed by atoms with Crippen LogP contribution < -0.4 is 0 Å². The van der Waals surface area contributed by atoms with Crippen LogP contribution in [0.2, 0.25) is 0 Å². The Balaban J connectivity index is 2.13. The first kappa shape index (κ1) is 10.8. The SMILES string of the molecule is [c]1cc(-c2ccccc2)c2sc3ccccc3c2c1. The third-order valence-electron chi connectivity index (χ3n) is 3.42. The maximum absolute atomic E-state index is 3.29. The zero-order valence-corrected chi connectivity index (χ0v) is 11.1. The summed E-state index contributed by atoms with van der Waals surface area (Å²) in [5.41, 5.74) is 2.54.